The van der Waals surface area contributed by atoms with Crippen molar-refractivity contribution >= 4 is 17.7 Å². The van der Waals surface area contributed by atoms with E-state index >= 15 is 0 Å². The van der Waals surface area contributed by atoms with Crippen LogP contribution in [0.15, 0.2) is 24.1 Å². The maximum atomic E-state index is 14.2. The average molecular weight is 495 g/mol. The molecule has 1 fully saturated rings. The standard InChI is InChI=1S/C26H43FN4O4/c1-18-7-5-9-22(27)15-19(2)35-14-13-28-23(16-21-10-11-21)26(34)31(4)20(3)25(33)30-17-24(32)29-12-6-8-18/h5,7,15,18-21,23,28H,6,8-14,16-17H2,1-4H3,(H,29,32)(H,30,33)/b7-5-,22-15+. The molecule has 0 aromatic heterocycles. The van der Waals surface area contributed by atoms with Gasteiger partial charge >= 0.3 is 0 Å². The molecule has 0 bridgehead atoms. The van der Waals surface area contributed by atoms with Gasteiger partial charge in [0.15, 0.2) is 0 Å². The molecular formula is C26H43FN4O4. The monoisotopic (exact) mass is 494 g/mol. The molecule has 198 valence electrons. The molecule has 0 radical (unpaired) electrons. The molecule has 0 saturated heterocycles. The van der Waals surface area contributed by atoms with Gasteiger partial charge in [-0.15, -0.1) is 0 Å². The van der Waals surface area contributed by atoms with E-state index in [4.69, 9.17) is 4.74 Å². The number of allylic oxidation sites excluding steroid dienone is 3. The molecule has 2 aliphatic rings. The van der Waals surface area contributed by atoms with Gasteiger partial charge in [0, 0.05) is 26.6 Å². The van der Waals surface area contributed by atoms with Crippen LogP contribution in [0.4, 0.5) is 4.39 Å². The Morgan fingerprint density at radius 1 is 1.09 bits per heavy atom. The van der Waals surface area contributed by atoms with E-state index in [2.05, 4.69) is 22.9 Å². The fraction of sp³-hybridized carbons (Fsp3) is 0.731. The van der Waals surface area contributed by atoms with Crippen molar-refractivity contribution in [3.8, 4) is 0 Å². The van der Waals surface area contributed by atoms with E-state index in [-0.39, 0.29) is 48.5 Å². The molecule has 0 spiro atoms. The summed E-state index contributed by atoms with van der Waals surface area (Å²) in [5.41, 5.74) is 0. The van der Waals surface area contributed by atoms with Crippen LogP contribution in [0, 0.1) is 11.8 Å². The second kappa shape index (κ2) is 15.0. The Hall–Kier alpha value is -2.26. The molecule has 1 aliphatic heterocycles. The number of amides is 3. The van der Waals surface area contributed by atoms with E-state index in [0.717, 1.165) is 25.7 Å². The number of nitrogens with zero attached hydrogens (tertiary/aromatic N) is 1. The van der Waals surface area contributed by atoms with Crippen molar-refractivity contribution in [2.24, 2.45) is 11.8 Å². The molecule has 0 aromatic rings. The minimum Gasteiger partial charge on any atom is -0.373 e. The third-order valence-electron chi connectivity index (χ3n) is 6.52. The summed E-state index contributed by atoms with van der Waals surface area (Å²) in [6, 6.07) is -1.14. The van der Waals surface area contributed by atoms with Crippen molar-refractivity contribution in [3.05, 3.63) is 24.1 Å². The van der Waals surface area contributed by atoms with E-state index in [1.54, 1.807) is 20.9 Å². The number of hydrogen-bond acceptors (Lipinski definition) is 5. The van der Waals surface area contributed by atoms with Crippen LogP contribution in [0.3, 0.4) is 0 Å². The van der Waals surface area contributed by atoms with Gasteiger partial charge in [-0.05, 0) is 51.0 Å². The van der Waals surface area contributed by atoms with Crippen LogP contribution in [-0.2, 0) is 19.1 Å². The minimum absolute atomic E-state index is 0.133. The lowest BCUT2D eigenvalue weighted by Crippen LogP contribution is -2.53. The first-order chi connectivity index (χ1) is 16.7. The lowest BCUT2D eigenvalue weighted by Gasteiger charge is -2.29. The zero-order valence-electron chi connectivity index (χ0n) is 21.6. The van der Waals surface area contributed by atoms with Gasteiger partial charge in [-0.2, -0.15) is 0 Å². The molecule has 4 unspecified atom stereocenters. The maximum Gasteiger partial charge on any atom is 0.242 e. The molecule has 1 saturated carbocycles. The summed E-state index contributed by atoms with van der Waals surface area (Å²) in [4.78, 5) is 39.2. The van der Waals surface area contributed by atoms with Gasteiger partial charge in [0.25, 0.3) is 0 Å². The number of carbonyl (C=O) groups excluding carboxylic acids is 3. The van der Waals surface area contributed by atoms with Crippen molar-refractivity contribution in [2.75, 3.05) is 33.3 Å². The third-order valence-corrected chi connectivity index (χ3v) is 6.52. The van der Waals surface area contributed by atoms with Gasteiger partial charge < -0.3 is 25.6 Å². The fourth-order valence-electron chi connectivity index (χ4n) is 3.96. The number of likely N-dealkylation sites (N-methyl/N-ethyl adjacent to an activating group) is 1. The molecule has 8 nitrogen and oxygen atoms in total. The van der Waals surface area contributed by atoms with Crippen molar-refractivity contribution < 1.29 is 23.5 Å². The molecule has 9 heteroatoms. The summed E-state index contributed by atoms with van der Waals surface area (Å²) < 4.78 is 19.9. The number of ether oxygens (including phenoxy) is 1. The first-order valence-corrected chi connectivity index (χ1v) is 12.9. The number of rotatable bonds is 2. The summed E-state index contributed by atoms with van der Waals surface area (Å²) in [5.74, 6) is -0.275. The Bertz CT molecular complexity index is 768. The van der Waals surface area contributed by atoms with Crippen LogP contribution in [0.25, 0.3) is 0 Å². The van der Waals surface area contributed by atoms with Crippen LogP contribution in [-0.4, -0.2) is 74.1 Å². The van der Waals surface area contributed by atoms with Crippen molar-refractivity contribution in [2.45, 2.75) is 77.5 Å². The largest absolute Gasteiger partial charge is 0.373 e. The first-order valence-electron chi connectivity index (χ1n) is 12.9. The zero-order chi connectivity index (χ0) is 25.8. The molecule has 1 aliphatic carbocycles. The third kappa shape index (κ3) is 11.3. The minimum atomic E-state index is -0.711. The number of nitrogens with one attached hydrogen (secondary N) is 3. The Kier molecular flexibility index (Phi) is 12.4. The van der Waals surface area contributed by atoms with Gasteiger partial charge in [0.2, 0.25) is 17.7 Å². The Balaban J connectivity index is 2.03. The Morgan fingerprint density at radius 3 is 2.54 bits per heavy atom. The second-order valence-electron chi connectivity index (χ2n) is 9.82. The predicted molar refractivity (Wildman–Crippen MR) is 134 cm³/mol. The Labute approximate surface area is 209 Å². The van der Waals surface area contributed by atoms with E-state index in [1.807, 2.05) is 12.2 Å². The lowest BCUT2D eigenvalue weighted by atomic mass is 10.0. The first kappa shape index (κ1) is 29.0. The van der Waals surface area contributed by atoms with Crippen LogP contribution >= 0.6 is 0 Å². The summed E-state index contributed by atoms with van der Waals surface area (Å²) in [5, 5.41) is 8.68. The maximum absolute atomic E-state index is 14.2. The van der Waals surface area contributed by atoms with Gasteiger partial charge in [-0.3, -0.25) is 14.4 Å². The van der Waals surface area contributed by atoms with Crippen molar-refractivity contribution in [1.82, 2.24) is 20.9 Å². The lowest BCUT2D eigenvalue weighted by molar-refractivity contribution is -0.140. The Morgan fingerprint density at radius 2 is 1.83 bits per heavy atom. The molecular weight excluding hydrogens is 451 g/mol. The highest BCUT2D eigenvalue weighted by molar-refractivity contribution is 5.91. The van der Waals surface area contributed by atoms with Crippen molar-refractivity contribution in [3.63, 3.8) is 0 Å². The van der Waals surface area contributed by atoms with Gasteiger partial charge in [-0.1, -0.05) is 31.9 Å². The highest BCUT2D eigenvalue weighted by Crippen LogP contribution is 2.33. The molecule has 1 heterocycles. The summed E-state index contributed by atoms with van der Waals surface area (Å²) in [7, 11) is 1.61. The molecule has 35 heavy (non-hydrogen) atoms. The van der Waals surface area contributed by atoms with Crippen LogP contribution < -0.4 is 16.0 Å². The quantitative estimate of drug-likeness (QED) is 0.512. The van der Waals surface area contributed by atoms with E-state index in [1.165, 1.54) is 11.0 Å². The van der Waals surface area contributed by atoms with E-state index in [9.17, 15) is 18.8 Å². The summed E-state index contributed by atoms with van der Waals surface area (Å²) >= 11 is 0. The fourth-order valence-corrected chi connectivity index (χ4v) is 3.96. The molecule has 4 atom stereocenters. The average Bonchev–Trinajstić information content (AvgIpc) is 3.64. The SMILES string of the molecule is CC1/C=C\C/C(F)=C\C(C)OCCNC(CC2CC2)C(=O)N(C)C(C)C(=O)NCC(=O)NCCC1. The molecule has 3 amide bonds. The van der Waals surface area contributed by atoms with Gasteiger partial charge in [0.05, 0.1) is 25.3 Å². The topological polar surface area (TPSA) is 99.8 Å². The molecule has 0 aromatic carbocycles. The summed E-state index contributed by atoms with van der Waals surface area (Å²) in [6.07, 6.45) is 9.65. The zero-order valence-corrected chi connectivity index (χ0v) is 21.6. The smallest absolute Gasteiger partial charge is 0.242 e. The van der Waals surface area contributed by atoms with Gasteiger partial charge in [-0.25, -0.2) is 4.39 Å². The van der Waals surface area contributed by atoms with Crippen molar-refractivity contribution in [1.29, 1.82) is 0 Å². The second-order valence-corrected chi connectivity index (χ2v) is 9.82. The predicted octanol–water partition coefficient (Wildman–Crippen LogP) is 2.46. The number of carbonyl (C=O) groups is 3. The van der Waals surface area contributed by atoms with E-state index < -0.39 is 12.1 Å². The summed E-state index contributed by atoms with van der Waals surface area (Å²) in [6.45, 7) is 6.64. The normalized spacial score (nSPS) is 32.2. The van der Waals surface area contributed by atoms with Crippen LogP contribution in [0.1, 0.15) is 59.3 Å². The van der Waals surface area contributed by atoms with Crippen LogP contribution in [0.2, 0.25) is 0 Å². The molecule has 3 N–H and O–H groups in total. The number of hydrogen-bond donors (Lipinski definition) is 3. The van der Waals surface area contributed by atoms with Gasteiger partial charge in [0.1, 0.15) is 11.9 Å². The highest BCUT2D eigenvalue weighted by atomic mass is 19.1. The van der Waals surface area contributed by atoms with E-state index in [0.29, 0.717) is 32.0 Å². The number of halogens is 1. The van der Waals surface area contributed by atoms with Crippen LogP contribution in [0.5, 0.6) is 0 Å². The highest BCUT2D eigenvalue weighted by Gasteiger charge is 2.33. The molecule has 2 rings (SSSR count).